The van der Waals surface area contributed by atoms with E-state index in [4.69, 9.17) is 5.73 Å². The summed E-state index contributed by atoms with van der Waals surface area (Å²) in [4.78, 5) is 12.5. The van der Waals surface area contributed by atoms with Gasteiger partial charge < -0.3 is 16.0 Å². The Morgan fingerprint density at radius 1 is 1.80 bits per heavy atom. The molecule has 1 heterocycles. The van der Waals surface area contributed by atoms with Crippen molar-refractivity contribution in [2.24, 2.45) is 5.73 Å². The van der Waals surface area contributed by atoms with E-state index in [9.17, 15) is 4.79 Å². The lowest BCUT2D eigenvalue weighted by atomic mass is 10.1. The summed E-state index contributed by atoms with van der Waals surface area (Å²) in [5.74, 6) is -0.283. The largest absolute Gasteiger partial charge is 0.369 e. The Hall–Kier alpha value is -0.610. The molecule has 1 rings (SSSR count). The van der Waals surface area contributed by atoms with Gasteiger partial charge >= 0.3 is 0 Å². The second-order valence-electron chi connectivity index (χ2n) is 2.77. The van der Waals surface area contributed by atoms with E-state index >= 15 is 0 Å². The fourth-order valence-electron chi connectivity index (χ4n) is 1.07. The average molecular weight is 143 g/mol. The van der Waals surface area contributed by atoms with Crippen molar-refractivity contribution in [1.29, 1.82) is 0 Å². The summed E-state index contributed by atoms with van der Waals surface area (Å²) in [6, 6.07) is 0.470. The van der Waals surface area contributed by atoms with Crippen molar-refractivity contribution < 1.29 is 4.79 Å². The third-order valence-electron chi connectivity index (χ3n) is 1.63. The molecule has 1 aliphatic rings. The van der Waals surface area contributed by atoms with E-state index in [-0.39, 0.29) is 5.91 Å². The normalized spacial score (nSPS) is 20.5. The molecule has 4 nitrogen and oxygen atoms in total. The van der Waals surface area contributed by atoms with Crippen LogP contribution in [0, 0.1) is 0 Å². The topological polar surface area (TPSA) is 58.4 Å². The fraction of sp³-hybridized carbons (Fsp3) is 0.833. The van der Waals surface area contributed by atoms with Crippen LogP contribution in [0.3, 0.4) is 0 Å². The number of hydrogen-bond donors (Lipinski definition) is 2. The molecule has 0 aromatic rings. The van der Waals surface area contributed by atoms with E-state index in [1.165, 1.54) is 0 Å². The SMILES string of the molecule is CN1CC(NCC(N)=O)C1. The highest BCUT2D eigenvalue weighted by Gasteiger charge is 2.22. The van der Waals surface area contributed by atoms with Gasteiger partial charge in [-0.15, -0.1) is 0 Å². The molecule has 0 aromatic carbocycles. The number of likely N-dealkylation sites (N-methyl/N-ethyl adjacent to an activating group) is 1. The van der Waals surface area contributed by atoms with Crippen molar-refractivity contribution in [2.75, 3.05) is 26.7 Å². The number of hydrogen-bond acceptors (Lipinski definition) is 3. The molecule has 58 valence electrons. The lowest BCUT2D eigenvalue weighted by molar-refractivity contribution is -0.117. The number of likely N-dealkylation sites (tertiary alicyclic amines) is 1. The van der Waals surface area contributed by atoms with E-state index in [2.05, 4.69) is 10.2 Å². The number of rotatable bonds is 3. The minimum atomic E-state index is -0.283. The molecule has 10 heavy (non-hydrogen) atoms. The highest BCUT2D eigenvalue weighted by atomic mass is 16.1. The number of nitrogens with zero attached hydrogens (tertiary/aromatic N) is 1. The Kier molecular flexibility index (Phi) is 2.24. The van der Waals surface area contributed by atoms with Crippen molar-refractivity contribution >= 4 is 5.91 Å². The molecule has 0 bridgehead atoms. The predicted octanol–water partition coefficient (Wildman–Crippen LogP) is -1.62. The molecule has 1 fully saturated rings. The molecule has 0 atom stereocenters. The van der Waals surface area contributed by atoms with E-state index in [1.54, 1.807) is 0 Å². The van der Waals surface area contributed by atoms with E-state index in [0.717, 1.165) is 13.1 Å². The average Bonchev–Trinajstić information content (AvgIpc) is 1.77. The van der Waals surface area contributed by atoms with Gasteiger partial charge in [0, 0.05) is 19.1 Å². The van der Waals surface area contributed by atoms with E-state index < -0.39 is 0 Å². The zero-order valence-corrected chi connectivity index (χ0v) is 6.13. The second-order valence-corrected chi connectivity index (χ2v) is 2.77. The first-order valence-electron chi connectivity index (χ1n) is 3.38. The number of amides is 1. The number of carbonyl (C=O) groups is 1. The zero-order valence-electron chi connectivity index (χ0n) is 6.13. The first kappa shape index (κ1) is 7.50. The van der Waals surface area contributed by atoms with Crippen molar-refractivity contribution in [3.8, 4) is 0 Å². The van der Waals surface area contributed by atoms with Crippen LogP contribution in [0.4, 0.5) is 0 Å². The number of nitrogens with two attached hydrogens (primary N) is 1. The molecule has 1 saturated heterocycles. The van der Waals surface area contributed by atoms with Crippen LogP contribution in [-0.4, -0.2) is 43.5 Å². The van der Waals surface area contributed by atoms with Crippen LogP contribution in [0.2, 0.25) is 0 Å². The maximum atomic E-state index is 10.3. The molecular formula is C6H13N3O. The lowest BCUT2D eigenvalue weighted by Gasteiger charge is -2.36. The lowest BCUT2D eigenvalue weighted by Crippen LogP contribution is -2.57. The van der Waals surface area contributed by atoms with Gasteiger partial charge in [0.25, 0.3) is 0 Å². The maximum absolute atomic E-state index is 10.3. The highest BCUT2D eigenvalue weighted by Crippen LogP contribution is 2.01. The minimum Gasteiger partial charge on any atom is -0.369 e. The molecule has 0 aromatic heterocycles. The molecule has 1 amide bonds. The van der Waals surface area contributed by atoms with Crippen LogP contribution in [0.25, 0.3) is 0 Å². The van der Waals surface area contributed by atoms with Crippen molar-refractivity contribution in [1.82, 2.24) is 10.2 Å². The van der Waals surface area contributed by atoms with Crippen molar-refractivity contribution in [3.05, 3.63) is 0 Å². The molecule has 4 heteroatoms. The highest BCUT2D eigenvalue weighted by molar-refractivity contribution is 5.75. The molecule has 1 aliphatic heterocycles. The van der Waals surface area contributed by atoms with Crippen LogP contribution < -0.4 is 11.1 Å². The summed E-state index contributed by atoms with van der Waals surface area (Å²) < 4.78 is 0. The van der Waals surface area contributed by atoms with Gasteiger partial charge in [0.2, 0.25) is 5.91 Å². The summed E-state index contributed by atoms with van der Waals surface area (Å²) in [6.07, 6.45) is 0. The van der Waals surface area contributed by atoms with E-state index in [0.29, 0.717) is 12.6 Å². The van der Waals surface area contributed by atoms with Gasteiger partial charge in [-0.25, -0.2) is 0 Å². The minimum absolute atomic E-state index is 0.283. The second kappa shape index (κ2) is 2.98. The Morgan fingerprint density at radius 3 is 2.80 bits per heavy atom. The van der Waals surface area contributed by atoms with Gasteiger partial charge in [-0.05, 0) is 7.05 Å². The molecule has 0 unspecified atom stereocenters. The number of nitrogens with one attached hydrogen (secondary N) is 1. The Labute approximate surface area is 60.4 Å². The number of carbonyl (C=O) groups excluding carboxylic acids is 1. The molecule has 3 N–H and O–H groups in total. The van der Waals surface area contributed by atoms with Gasteiger partial charge in [-0.1, -0.05) is 0 Å². The summed E-state index contributed by atoms with van der Waals surface area (Å²) in [6.45, 7) is 2.35. The van der Waals surface area contributed by atoms with Crippen LogP contribution in [0.1, 0.15) is 0 Å². The first-order chi connectivity index (χ1) is 4.68. The Morgan fingerprint density at radius 2 is 2.40 bits per heavy atom. The van der Waals surface area contributed by atoms with Gasteiger partial charge in [0.15, 0.2) is 0 Å². The van der Waals surface area contributed by atoms with Crippen molar-refractivity contribution in [2.45, 2.75) is 6.04 Å². The summed E-state index contributed by atoms with van der Waals surface area (Å²) >= 11 is 0. The first-order valence-corrected chi connectivity index (χ1v) is 3.38. The molecular weight excluding hydrogens is 130 g/mol. The molecule has 0 aliphatic carbocycles. The smallest absolute Gasteiger partial charge is 0.231 e. The summed E-state index contributed by atoms with van der Waals surface area (Å²) in [5, 5.41) is 3.03. The van der Waals surface area contributed by atoms with Crippen LogP contribution in [0.5, 0.6) is 0 Å². The monoisotopic (exact) mass is 143 g/mol. The summed E-state index contributed by atoms with van der Waals surface area (Å²) in [5.41, 5.74) is 4.94. The standard InChI is InChI=1S/C6H13N3O/c1-9-3-5(4-9)8-2-6(7)10/h5,8H,2-4H2,1H3,(H2,7,10). The van der Waals surface area contributed by atoms with E-state index in [1.807, 2.05) is 7.05 Å². The van der Waals surface area contributed by atoms with Crippen LogP contribution in [0.15, 0.2) is 0 Å². The number of primary amides is 1. The van der Waals surface area contributed by atoms with Gasteiger partial charge in [-0.3, -0.25) is 4.79 Å². The molecule has 0 saturated carbocycles. The van der Waals surface area contributed by atoms with Gasteiger partial charge in [0.1, 0.15) is 0 Å². The van der Waals surface area contributed by atoms with Crippen LogP contribution in [-0.2, 0) is 4.79 Å². The zero-order chi connectivity index (χ0) is 7.56. The Bertz CT molecular complexity index is 131. The maximum Gasteiger partial charge on any atom is 0.231 e. The summed E-state index contributed by atoms with van der Waals surface area (Å²) in [7, 11) is 2.04. The van der Waals surface area contributed by atoms with Gasteiger partial charge in [-0.2, -0.15) is 0 Å². The third-order valence-corrected chi connectivity index (χ3v) is 1.63. The van der Waals surface area contributed by atoms with Crippen molar-refractivity contribution in [3.63, 3.8) is 0 Å². The molecule has 0 radical (unpaired) electrons. The quantitative estimate of drug-likeness (QED) is 0.499. The Balaban J connectivity index is 2.00. The molecule has 0 spiro atoms. The van der Waals surface area contributed by atoms with Crippen LogP contribution >= 0.6 is 0 Å². The van der Waals surface area contributed by atoms with Gasteiger partial charge in [0.05, 0.1) is 6.54 Å². The predicted molar refractivity (Wildman–Crippen MR) is 38.5 cm³/mol. The third kappa shape index (κ3) is 1.97. The fourth-order valence-corrected chi connectivity index (χ4v) is 1.07.